The third kappa shape index (κ3) is 3.84. The van der Waals surface area contributed by atoms with Crippen molar-refractivity contribution >= 4 is 15.7 Å². The van der Waals surface area contributed by atoms with E-state index in [9.17, 15) is 8.42 Å². The quantitative estimate of drug-likeness (QED) is 0.700. The minimum absolute atomic E-state index is 0.0320. The van der Waals surface area contributed by atoms with E-state index in [1.54, 1.807) is 6.07 Å². The summed E-state index contributed by atoms with van der Waals surface area (Å²) in [5.74, 6) is 0.249. The van der Waals surface area contributed by atoms with E-state index >= 15 is 0 Å². The van der Waals surface area contributed by atoms with Gasteiger partial charge in [0.1, 0.15) is 10.6 Å². The molecule has 1 rings (SSSR count). The number of unbranched alkanes of at least 4 members (excludes halogenated alkanes) is 1. The van der Waals surface area contributed by atoms with Gasteiger partial charge < -0.3 is 15.6 Å². The summed E-state index contributed by atoms with van der Waals surface area (Å²) in [5, 5.41) is 9.07. The van der Waals surface area contributed by atoms with E-state index in [-0.39, 0.29) is 23.8 Å². The van der Waals surface area contributed by atoms with Gasteiger partial charge in [-0.05, 0) is 24.6 Å². The highest BCUT2D eigenvalue weighted by molar-refractivity contribution is 7.89. The van der Waals surface area contributed by atoms with Gasteiger partial charge in [0.15, 0.2) is 0 Å². The summed E-state index contributed by atoms with van der Waals surface area (Å²) in [6, 6.07) is 4.49. The number of ether oxygens (including phenoxy) is 1. The lowest BCUT2D eigenvalue weighted by molar-refractivity contribution is 0.252. The molecule has 1 aromatic carbocycles. The Labute approximate surface area is 120 Å². The van der Waals surface area contributed by atoms with Gasteiger partial charge in [-0.1, -0.05) is 13.3 Å². The zero-order chi connectivity index (χ0) is 15.2. The Balaban J connectivity index is 3.21. The van der Waals surface area contributed by atoms with Crippen LogP contribution in [0.1, 0.15) is 19.8 Å². The van der Waals surface area contributed by atoms with Gasteiger partial charge in [-0.25, -0.2) is 8.42 Å². The molecule has 0 saturated carbocycles. The molecule has 1 aromatic rings. The molecule has 0 unspecified atom stereocenters. The van der Waals surface area contributed by atoms with Crippen molar-refractivity contribution in [2.45, 2.75) is 24.7 Å². The normalized spacial score (nSPS) is 11.8. The zero-order valence-corrected chi connectivity index (χ0v) is 12.7. The first kappa shape index (κ1) is 16.7. The number of nitrogens with two attached hydrogens (primary N) is 1. The van der Waals surface area contributed by atoms with Crippen LogP contribution < -0.4 is 10.5 Å². The summed E-state index contributed by atoms with van der Waals surface area (Å²) in [4.78, 5) is 0.0320. The van der Waals surface area contributed by atoms with E-state index in [2.05, 4.69) is 0 Å². The van der Waals surface area contributed by atoms with Crippen LogP contribution in [0.4, 0.5) is 5.69 Å². The monoisotopic (exact) mass is 302 g/mol. The molecule has 0 spiro atoms. The molecule has 0 fully saturated rings. The number of benzene rings is 1. The fourth-order valence-corrected chi connectivity index (χ4v) is 3.49. The fourth-order valence-electron chi connectivity index (χ4n) is 1.83. The van der Waals surface area contributed by atoms with Gasteiger partial charge in [0.2, 0.25) is 10.0 Å². The summed E-state index contributed by atoms with van der Waals surface area (Å²) < 4.78 is 31.6. The first-order chi connectivity index (χ1) is 9.47. The highest BCUT2D eigenvalue weighted by Gasteiger charge is 2.27. The lowest BCUT2D eigenvalue weighted by Crippen LogP contribution is -2.34. The van der Waals surface area contributed by atoms with E-state index in [0.717, 1.165) is 12.8 Å². The largest absolute Gasteiger partial charge is 0.495 e. The van der Waals surface area contributed by atoms with Crippen LogP contribution >= 0.6 is 0 Å². The van der Waals surface area contributed by atoms with Crippen molar-refractivity contribution in [1.82, 2.24) is 4.31 Å². The van der Waals surface area contributed by atoms with E-state index in [1.165, 1.54) is 23.5 Å². The van der Waals surface area contributed by atoms with E-state index in [4.69, 9.17) is 15.6 Å². The predicted octanol–water partition coefficient (Wildman–Crippen LogP) is 1.06. The molecule has 0 heterocycles. The number of nitrogen functional groups attached to an aromatic ring is 1. The minimum Gasteiger partial charge on any atom is -0.495 e. The molecule has 0 bridgehead atoms. The van der Waals surface area contributed by atoms with Crippen molar-refractivity contribution in [1.29, 1.82) is 0 Å². The number of nitrogens with zero attached hydrogens (tertiary/aromatic N) is 1. The van der Waals surface area contributed by atoms with Gasteiger partial charge >= 0.3 is 0 Å². The number of anilines is 1. The highest BCUT2D eigenvalue weighted by atomic mass is 32.2. The predicted molar refractivity (Wildman–Crippen MR) is 78.2 cm³/mol. The Bertz CT molecular complexity index is 531. The lowest BCUT2D eigenvalue weighted by Gasteiger charge is -2.22. The van der Waals surface area contributed by atoms with Crippen molar-refractivity contribution in [2.75, 3.05) is 32.5 Å². The van der Waals surface area contributed by atoms with Crippen LogP contribution in [0, 0.1) is 0 Å². The van der Waals surface area contributed by atoms with E-state index in [0.29, 0.717) is 12.2 Å². The maximum absolute atomic E-state index is 12.6. The molecule has 0 amide bonds. The Morgan fingerprint density at radius 3 is 2.60 bits per heavy atom. The molecule has 3 N–H and O–H groups in total. The van der Waals surface area contributed by atoms with Crippen LogP contribution in [0.2, 0.25) is 0 Å². The first-order valence-electron chi connectivity index (χ1n) is 6.51. The third-order valence-corrected chi connectivity index (χ3v) is 4.84. The van der Waals surface area contributed by atoms with Crippen LogP contribution in [0.15, 0.2) is 23.1 Å². The van der Waals surface area contributed by atoms with Crippen LogP contribution in [-0.4, -0.2) is 44.6 Å². The van der Waals surface area contributed by atoms with Gasteiger partial charge in [-0.2, -0.15) is 4.31 Å². The Kier molecular flexibility index (Phi) is 6.25. The summed E-state index contributed by atoms with van der Waals surface area (Å²) in [6.07, 6.45) is 1.59. The van der Waals surface area contributed by atoms with Gasteiger partial charge in [0, 0.05) is 18.8 Å². The summed E-state index contributed by atoms with van der Waals surface area (Å²) in [7, 11) is -2.32. The molecule has 0 aliphatic carbocycles. The molecule has 6 nitrogen and oxygen atoms in total. The summed E-state index contributed by atoms with van der Waals surface area (Å²) in [6.45, 7) is 2.16. The van der Waals surface area contributed by atoms with E-state index in [1.807, 2.05) is 6.92 Å². The summed E-state index contributed by atoms with van der Waals surface area (Å²) >= 11 is 0. The second kappa shape index (κ2) is 7.47. The minimum atomic E-state index is -3.73. The van der Waals surface area contributed by atoms with Crippen molar-refractivity contribution in [2.24, 2.45) is 0 Å². The molecule has 0 radical (unpaired) electrons. The first-order valence-corrected chi connectivity index (χ1v) is 7.95. The number of hydrogen-bond donors (Lipinski definition) is 2. The molecule has 0 saturated heterocycles. The van der Waals surface area contributed by atoms with Gasteiger partial charge in [-0.15, -0.1) is 0 Å². The van der Waals surface area contributed by atoms with Crippen LogP contribution in [-0.2, 0) is 10.0 Å². The van der Waals surface area contributed by atoms with Gasteiger partial charge in [-0.3, -0.25) is 0 Å². The number of hydrogen-bond acceptors (Lipinski definition) is 5. The SMILES string of the molecule is CCCCN(CCO)S(=O)(=O)c1cc(N)ccc1OC. The zero-order valence-electron chi connectivity index (χ0n) is 11.9. The Hall–Kier alpha value is -1.31. The molecule has 114 valence electrons. The standard InChI is InChI=1S/C13H22N2O4S/c1-3-4-7-15(8-9-16)20(17,18)13-10-11(14)5-6-12(13)19-2/h5-6,10,16H,3-4,7-9,14H2,1-2H3. The Morgan fingerprint density at radius 1 is 1.35 bits per heavy atom. The maximum atomic E-state index is 12.6. The topological polar surface area (TPSA) is 92.9 Å². The van der Waals surface area contributed by atoms with Crippen LogP contribution in [0.5, 0.6) is 5.75 Å². The number of aliphatic hydroxyl groups is 1. The smallest absolute Gasteiger partial charge is 0.246 e. The molecule has 0 aliphatic heterocycles. The molecule has 0 aromatic heterocycles. The maximum Gasteiger partial charge on any atom is 0.246 e. The molecular formula is C13H22N2O4S. The molecular weight excluding hydrogens is 280 g/mol. The molecule has 20 heavy (non-hydrogen) atoms. The van der Waals surface area contributed by atoms with Crippen molar-refractivity contribution in [3.8, 4) is 5.75 Å². The molecule has 0 atom stereocenters. The number of sulfonamides is 1. The second-order valence-corrected chi connectivity index (χ2v) is 6.30. The van der Waals surface area contributed by atoms with Crippen molar-refractivity contribution in [3.05, 3.63) is 18.2 Å². The van der Waals surface area contributed by atoms with Crippen molar-refractivity contribution < 1.29 is 18.3 Å². The number of rotatable bonds is 8. The average Bonchev–Trinajstić information content (AvgIpc) is 2.43. The lowest BCUT2D eigenvalue weighted by atomic mass is 10.3. The Morgan fingerprint density at radius 2 is 2.05 bits per heavy atom. The van der Waals surface area contributed by atoms with Gasteiger partial charge in [0.05, 0.1) is 13.7 Å². The van der Waals surface area contributed by atoms with Crippen LogP contribution in [0.25, 0.3) is 0 Å². The van der Waals surface area contributed by atoms with E-state index < -0.39 is 10.0 Å². The summed E-state index contributed by atoms with van der Waals surface area (Å²) in [5.41, 5.74) is 6.02. The van der Waals surface area contributed by atoms with Crippen molar-refractivity contribution in [3.63, 3.8) is 0 Å². The highest BCUT2D eigenvalue weighted by Crippen LogP contribution is 2.28. The molecule has 7 heteroatoms. The average molecular weight is 302 g/mol. The van der Waals surface area contributed by atoms with Crippen LogP contribution in [0.3, 0.4) is 0 Å². The van der Waals surface area contributed by atoms with Gasteiger partial charge in [0.25, 0.3) is 0 Å². The fraction of sp³-hybridized carbons (Fsp3) is 0.538. The molecule has 0 aliphatic rings. The number of aliphatic hydroxyl groups excluding tert-OH is 1. The second-order valence-electron chi connectivity index (χ2n) is 4.39. The third-order valence-electron chi connectivity index (χ3n) is 2.92. The number of methoxy groups -OCH3 is 1.